The summed E-state index contributed by atoms with van der Waals surface area (Å²) in [5, 5.41) is 4.08. The molecule has 1 aromatic heterocycles. The van der Waals surface area contributed by atoms with Crippen molar-refractivity contribution in [3.8, 4) is 0 Å². The Hall–Kier alpha value is -1.60. The Labute approximate surface area is 134 Å². The van der Waals surface area contributed by atoms with Crippen molar-refractivity contribution < 1.29 is 0 Å². The number of rotatable bonds is 0. The molecule has 0 unspecified atom stereocenters. The number of thiophene rings is 1. The van der Waals surface area contributed by atoms with Crippen LogP contribution in [0.4, 0.5) is 0 Å². The molecule has 21 heavy (non-hydrogen) atoms. The minimum Gasteiger partial charge on any atom is -0.140 e. The molecule has 0 aliphatic rings. The molecule has 0 spiro atoms. The quantitative estimate of drug-likeness (QED) is 0.375. The normalized spacial score (nSPS) is 8.81. The first-order valence-electron chi connectivity index (χ1n) is 7.64. The second kappa shape index (κ2) is 11.1. The van der Waals surface area contributed by atoms with Gasteiger partial charge in [0.25, 0.3) is 0 Å². The molecule has 2 aromatic carbocycles. The van der Waals surface area contributed by atoms with E-state index in [0.29, 0.717) is 0 Å². The first kappa shape index (κ1) is 19.4. The Morgan fingerprint density at radius 1 is 0.905 bits per heavy atom. The highest BCUT2D eigenvalue weighted by Crippen LogP contribution is 2.31. The van der Waals surface area contributed by atoms with Gasteiger partial charge >= 0.3 is 0 Å². The SMILES string of the molecule is C=C.CC.CCC.Cc1cc2ccc3ccccc3c2s1. The lowest BCUT2D eigenvalue weighted by atomic mass is 10.1. The summed E-state index contributed by atoms with van der Waals surface area (Å²) in [6.07, 6.45) is 1.25. The maximum absolute atomic E-state index is 3.00. The van der Waals surface area contributed by atoms with Gasteiger partial charge in [-0.15, -0.1) is 24.5 Å². The third kappa shape index (κ3) is 5.35. The van der Waals surface area contributed by atoms with Crippen molar-refractivity contribution in [2.75, 3.05) is 0 Å². The standard InChI is InChI=1S/C13H10S.C3H8.C2H6.C2H4/c1-9-8-11-7-6-10-4-2-3-5-12(10)13(11)14-9;1-3-2;2*1-2/h2-8H,1H3;3H2,1-2H3;1-2H3;1-2H2. The molecule has 0 saturated heterocycles. The fourth-order valence-electron chi connectivity index (χ4n) is 1.90. The Bertz CT molecular complexity index is 634. The summed E-state index contributed by atoms with van der Waals surface area (Å²) in [6.45, 7) is 16.4. The van der Waals surface area contributed by atoms with Crippen LogP contribution in [0.5, 0.6) is 0 Å². The van der Waals surface area contributed by atoms with Crippen LogP contribution < -0.4 is 0 Å². The van der Waals surface area contributed by atoms with Gasteiger partial charge in [-0.3, -0.25) is 0 Å². The average molecular weight is 301 g/mol. The van der Waals surface area contributed by atoms with Crippen LogP contribution in [0.2, 0.25) is 0 Å². The topological polar surface area (TPSA) is 0 Å². The molecule has 114 valence electrons. The van der Waals surface area contributed by atoms with E-state index in [1.54, 1.807) is 0 Å². The van der Waals surface area contributed by atoms with E-state index >= 15 is 0 Å². The van der Waals surface area contributed by atoms with E-state index in [4.69, 9.17) is 0 Å². The van der Waals surface area contributed by atoms with Gasteiger partial charge in [0.2, 0.25) is 0 Å². The van der Waals surface area contributed by atoms with Crippen LogP contribution >= 0.6 is 11.3 Å². The fraction of sp³-hybridized carbons (Fsp3) is 0.300. The van der Waals surface area contributed by atoms with Gasteiger partial charge in [-0.25, -0.2) is 0 Å². The maximum Gasteiger partial charge on any atom is 0.0423 e. The molecule has 0 atom stereocenters. The monoisotopic (exact) mass is 300 g/mol. The van der Waals surface area contributed by atoms with Crippen LogP contribution in [0.15, 0.2) is 55.6 Å². The third-order valence-corrected chi connectivity index (χ3v) is 3.63. The van der Waals surface area contributed by atoms with Crippen molar-refractivity contribution >= 4 is 32.2 Å². The van der Waals surface area contributed by atoms with Crippen molar-refractivity contribution in [1.29, 1.82) is 0 Å². The van der Waals surface area contributed by atoms with Crippen LogP contribution in [0.1, 0.15) is 39.0 Å². The van der Waals surface area contributed by atoms with Gasteiger partial charge in [0.05, 0.1) is 0 Å². The van der Waals surface area contributed by atoms with Crippen molar-refractivity contribution in [2.24, 2.45) is 0 Å². The Kier molecular flexibility index (Phi) is 10.3. The van der Waals surface area contributed by atoms with Crippen molar-refractivity contribution in [1.82, 2.24) is 0 Å². The lowest BCUT2D eigenvalue weighted by Crippen LogP contribution is -1.70. The van der Waals surface area contributed by atoms with Crippen molar-refractivity contribution in [3.05, 3.63) is 60.5 Å². The summed E-state index contributed by atoms with van der Waals surface area (Å²) in [4.78, 5) is 1.39. The lowest BCUT2D eigenvalue weighted by Gasteiger charge is -1.97. The highest BCUT2D eigenvalue weighted by molar-refractivity contribution is 7.20. The molecule has 0 nitrogen and oxygen atoms in total. The predicted molar refractivity (Wildman–Crippen MR) is 103 cm³/mol. The van der Waals surface area contributed by atoms with Gasteiger partial charge in [0, 0.05) is 9.58 Å². The first-order valence-corrected chi connectivity index (χ1v) is 8.45. The molecule has 0 amide bonds. The average Bonchev–Trinajstić information content (AvgIpc) is 2.93. The van der Waals surface area contributed by atoms with E-state index < -0.39 is 0 Å². The molecule has 0 N–H and O–H groups in total. The predicted octanol–water partition coefficient (Wildman–Crippen LogP) is 7.61. The molecule has 0 fully saturated rings. The Balaban J connectivity index is 0.000000500. The van der Waals surface area contributed by atoms with Gasteiger partial charge in [-0.1, -0.05) is 70.5 Å². The molecule has 3 rings (SSSR count). The number of fused-ring (bicyclic) bond motifs is 3. The minimum absolute atomic E-state index is 1.25. The number of aryl methyl sites for hydroxylation is 1. The number of hydrogen-bond acceptors (Lipinski definition) is 1. The summed E-state index contributed by atoms with van der Waals surface area (Å²) < 4.78 is 1.42. The van der Waals surface area contributed by atoms with Crippen LogP contribution in [0.3, 0.4) is 0 Å². The molecule has 1 heterocycles. The number of hydrogen-bond donors (Lipinski definition) is 0. The molecule has 0 bridgehead atoms. The highest BCUT2D eigenvalue weighted by Gasteiger charge is 2.02. The number of benzene rings is 2. The van der Waals surface area contributed by atoms with E-state index in [1.165, 1.54) is 32.2 Å². The van der Waals surface area contributed by atoms with E-state index in [0.717, 1.165) is 0 Å². The fourth-order valence-corrected chi connectivity index (χ4v) is 2.95. The van der Waals surface area contributed by atoms with Gasteiger partial charge in [0.1, 0.15) is 0 Å². The summed E-state index contributed by atoms with van der Waals surface area (Å²) in [5.41, 5.74) is 0. The zero-order chi connectivity index (χ0) is 16.3. The Morgan fingerprint density at radius 2 is 1.43 bits per heavy atom. The minimum atomic E-state index is 1.25. The molecule has 1 heteroatoms. The highest BCUT2D eigenvalue weighted by atomic mass is 32.1. The van der Waals surface area contributed by atoms with Crippen molar-refractivity contribution in [2.45, 2.75) is 41.0 Å². The maximum atomic E-state index is 3.00. The summed E-state index contributed by atoms with van der Waals surface area (Å²) >= 11 is 1.88. The van der Waals surface area contributed by atoms with Crippen LogP contribution in [0.25, 0.3) is 20.9 Å². The second-order valence-corrected chi connectivity index (χ2v) is 5.53. The van der Waals surface area contributed by atoms with Crippen LogP contribution in [-0.2, 0) is 0 Å². The Morgan fingerprint density at radius 3 is 2.05 bits per heavy atom. The van der Waals surface area contributed by atoms with E-state index in [1.807, 2.05) is 25.2 Å². The van der Waals surface area contributed by atoms with E-state index in [-0.39, 0.29) is 0 Å². The lowest BCUT2D eigenvalue weighted by molar-refractivity contribution is 1.09. The molecule has 0 saturated carbocycles. The zero-order valence-corrected chi connectivity index (χ0v) is 14.9. The largest absolute Gasteiger partial charge is 0.140 e. The smallest absolute Gasteiger partial charge is 0.0423 e. The zero-order valence-electron chi connectivity index (χ0n) is 14.1. The van der Waals surface area contributed by atoms with Crippen LogP contribution in [-0.4, -0.2) is 0 Å². The van der Waals surface area contributed by atoms with Crippen LogP contribution in [0, 0.1) is 6.92 Å². The first-order chi connectivity index (χ1) is 10.3. The summed E-state index contributed by atoms with van der Waals surface area (Å²) in [5.74, 6) is 0. The van der Waals surface area contributed by atoms with E-state index in [2.05, 4.69) is 76.4 Å². The van der Waals surface area contributed by atoms with Crippen molar-refractivity contribution in [3.63, 3.8) is 0 Å². The molecule has 0 aliphatic heterocycles. The molecule has 3 aromatic rings. The molecular weight excluding hydrogens is 272 g/mol. The summed E-state index contributed by atoms with van der Waals surface area (Å²) in [7, 11) is 0. The van der Waals surface area contributed by atoms with Gasteiger partial charge in [0.15, 0.2) is 0 Å². The molecular formula is C20H28S. The molecule has 0 radical (unpaired) electrons. The third-order valence-electron chi connectivity index (χ3n) is 2.53. The molecule has 0 aliphatic carbocycles. The van der Waals surface area contributed by atoms with Gasteiger partial charge in [-0.05, 0) is 29.1 Å². The van der Waals surface area contributed by atoms with E-state index in [9.17, 15) is 0 Å². The van der Waals surface area contributed by atoms with Gasteiger partial charge in [-0.2, -0.15) is 0 Å². The van der Waals surface area contributed by atoms with Gasteiger partial charge < -0.3 is 0 Å². The second-order valence-electron chi connectivity index (χ2n) is 4.27. The summed E-state index contributed by atoms with van der Waals surface area (Å²) in [6, 6.07) is 15.2.